The van der Waals surface area contributed by atoms with Gasteiger partial charge < -0.3 is 33.2 Å². The third-order valence-corrected chi connectivity index (χ3v) is 8.11. The monoisotopic (exact) mass is 574 g/mol. The molecule has 0 radical (unpaired) electrons. The molecule has 1 fully saturated rings. The number of carbonyl (C=O) groups is 3. The summed E-state index contributed by atoms with van der Waals surface area (Å²) < 4.78 is 39.7. The summed E-state index contributed by atoms with van der Waals surface area (Å²) >= 11 is 0. The highest BCUT2D eigenvalue weighted by atomic mass is 16.7. The first kappa shape index (κ1) is 27.5. The summed E-state index contributed by atoms with van der Waals surface area (Å²) in [5, 5.41) is 0. The molecule has 2 heterocycles. The lowest BCUT2D eigenvalue weighted by atomic mass is 9.66. The van der Waals surface area contributed by atoms with Crippen molar-refractivity contribution in [2.75, 3.05) is 34.7 Å². The highest BCUT2D eigenvalue weighted by Gasteiger charge is 2.54. The fourth-order valence-corrected chi connectivity index (χ4v) is 6.18. The van der Waals surface area contributed by atoms with Crippen molar-refractivity contribution in [2.45, 2.75) is 31.3 Å². The molecule has 0 unspecified atom stereocenters. The van der Waals surface area contributed by atoms with Crippen LogP contribution in [0.15, 0.2) is 53.8 Å². The van der Waals surface area contributed by atoms with Crippen molar-refractivity contribution >= 4 is 17.7 Å². The van der Waals surface area contributed by atoms with E-state index in [0.717, 1.165) is 11.1 Å². The summed E-state index contributed by atoms with van der Waals surface area (Å²) in [4.78, 5) is 38.8. The van der Waals surface area contributed by atoms with E-state index in [0.29, 0.717) is 46.3 Å². The van der Waals surface area contributed by atoms with Gasteiger partial charge in [0, 0.05) is 30.2 Å². The Balaban J connectivity index is 1.35. The van der Waals surface area contributed by atoms with Crippen LogP contribution in [0, 0.1) is 11.8 Å². The van der Waals surface area contributed by atoms with Gasteiger partial charge in [-0.3, -0.25) is 14.4 Å². The number of ether oxygens (including phenoxy) is 7. The van der Waals surface area contributed by atoms with Gasteiger partial charge in [0.1, 0.15) is 6.10 Å². The minimum absolute atomic E-state index is 0.0470. The van der Waals surface area contributed by atoms with Crippen LogP contribution in [-0.4, -0.2) is 52.5 Å². The molecule has 2 aliphatic heterocycles. The SMILES string of the molecule is COc1cc([C@@H]2c3cc4c(cc3[C@H](OC(=O)CCCC(=O)C3=C=CC=C3)[C@H]3COC(=O)[C@H]23)OCO4)cc(OC)c1OC. The number of fused-ring (bicyclic) bond motifs is 3. The molecule has 0 saturated carbocycles. The van der Waals surface area contributed by atoms with Crippen LogP contribution < -0.4 is 23.7 Å². The largest absolute Gasteiger partial charge is 0.493 e. The van der Waals surface area contributed by atoms with Crippen LogP contribution in [0.25, 0.3) is 0 Å². The zero-order valence-electron chi connectivity index (χ0n) is 23.5. The minimum Gasteiger partial charge on any atom is -0.493 e. The van der Waals surface area contributed by atoms with Gasteiger partial charge in [-0.2, -0.15) is 0 Å². The summed E-state index contributed by atoms with van der Waals surface area (Å²) in [5.41, 5.74) is 5.57. The van der Waals surface area contributed by atoms with Crippen LogP contribution in [0.1, 0.15) is 48.0 Å². The summed E-state index contributed by atoms with van der Waals surface area (Å²) in [6.45, 7) is 0.142. The van der Waals surface area contributed by atoms with Gasteiger partial charge in [-0.15, -0.1) is 5.73 Å². The van der Waals surface area contributed by atoms with Crippen LogP contribution in [-0.2, 0) is 23.9 Å². The van der Waals surface area contributed by atoms with Gasteiger partial charge in [0.25, 0.3) is 0 Å². The van der Waals surface area contributed by atoms with Crippen molar-refractivity contribution in [3.63, 3.8) is 0 Å². The van der Waals surface area contributed by atoms with Crippen molar-refractivity contribution in [2.24, 2.45) is 11.8 Å². The average Bonchev–Trinajstić information content (AvgIpc) is 3.77. The number of cyclic esters (lactones) is 1. The highest BCUT2D eigenvalue weighted by Crippen LogP contribution is 2.56. The van der Waals surface area contributed by atoms with Gasteiger partial charge in [0.05, 0.1) is 39.4 Å². The number of hydrogen-bond acceptors (Lipinski definition) is 10. The first-order chi connectivity index (χ1) is 20.4. The molecule has 4 aliphatic rings. The predicted molar refractivity (Wildman–Crippen MR) is 147 cm³/mol. The molecule has 0 spiro atoms. The Morgan fingerprint density at radius 2 is 1.64 bits per heavy atom. The van der Waals surface area contributed by atoms with Crippen LogP contribution in [0.2, 0.25) is 0 Å². The molecule has 6 rings (SSSR count). The molecular formula is C32H30O10. The van der Waals surface area contributed by atoms with E-state index in [1.807, 2.05) is 24.3 Å². The fraction of sp³-hybridized carbons (Fsp3) is 0.375. The summed E-state index contributed by atoms with van der Waals surface area (Å²) in [6, 6.07) is 7.28. The first-order valence-corrected chi connectivity index (χ1v) is 13.7. The fourth-order valence-electron chi connectivity index (χ4n) is 6.18. The lowest BCUT2D eigenvalue weighted by molar-refractivity contribution is -0.154. The smallest absolute Gasteiger partial charge is 0.310 e. The molecule has 0 amide bonds. The average molecular weight is 575 g/mol. The van der Waals surface area contributed by atoms with Gasteiger partial charge in [0.2, 0.25) is 12.5 Å². The zero-order chi connectivity index (χ0) is 29.4. The second-order valence-electron chi connectivity index (χ2n) is 10.4. The van der Waals surface area contributed by atoms with E-state index in [1.165, 1.54) is 21.3 Å². The standard InChI is InChI=1S/C32H30O10/c1-36-25-11-18(12-26(37-2)31(25)38-3)28-19-13-23-24(41-16-40-23)14-20(19)30(21-15-39-32(35)29(21)28)42-27(34)10-6-9-22(33)17-7-4-5-8-17/h4-5,7,11-14,21,28-30H,6,9-10,15-16H2,1-3H3/t21-,28+,29-,30-/m0/s1. The Labute approximate surface area is 242 Å². The Kier molecular flexibility index (Phi) is 7.39. The molecule has 0 bridgehead atoms. The number of rotatable bonds is 10. The number of hydrogen-bond donors (Lipinski definition) is 0. The normalized spacial score (nSPS) is 22.6. The molecule has 2 aliphatic carbocycles. The quantitative estimate of drug-likeness (QED) is 0.300. The van der Waals surface area contributed by atoms with Gasteiger partial charge in [-0.25, -0.2) is 0 Å². The van der Waals surface area contributed by atoms with Crippen molar-refractivity contribution in [1.82, 2.24) is 0 Å². The van der Waals surface area contributed by atoms with Gasteiger partial charge in [-0.05, 0) is 54.0 Å². The molecule has 10 nitrogen and oxygen atoms in total. The van der Waals surface area contributed by atoms with Crippen LogP contribution in [0.5, 0.6) is 28.7 Å². The maximum atomic E-state index is 13.3. The first-order valence-electron chi connectivity index (χ1n) is 13.7. The maximum Gasteiger partial charge on any atom is 0.310 e. The second kappa shape index (κ2) is 11.3. The highest BCUT2D eigenvalue weighted by molar-refractivity contribution is 5.98. The third-order valence-electron chi connectivity index (χ3n) is 8.11. The summed E-state index contributed by atoms with van der Waals surface area (Å²) in [6.07, 6.45) is 4.94. The number of ketones is 1. The number of carbonyl (C=O) groups excluding carboxylic acids is 3. The van der Waals surface area contributed by atoms with E-state index in [-0.39, 0.29) is 38.0 Å². The predicted octanol–water partition coefficient (Wildman–Crippen LogP) is 4.35. The van der Waals surface area contributed by atoms with Gasteiger partial charge >= 0.3 is 11.9 Å². The van der Waals surface area contributed by atoms with Crippen molar-refractivity contribution in [1.29, 1.82) is 0 Å². The number of benzene rings is 2. The van der Waals surface area contributed by atoms with E-state index in [2.05, 4.69) is 5.73 Å². The van der Waals surface area contributed by atoms with E-state index >= 15 is 0 Å². The van der Waals surface area contributed by atoms with Gasteiger partial charge in [0.15, 0.2) is 28.8 Å². The van der Waals surface area contributed by atoms with Crippen LogP contribution >= 0.6 is 0 Å². The van der Waals surface area contributed by atoms with Crippen LogP contribution in [0.4, 0.5) is 0 Å². The lowest BCUT2D eigenvalue weighted by Crippen LogP contribution is -2.36. The molecule has 10 heteroatoms. The summed E-state index contributed by atoms with van der Waals surface area (Å²) in [7, 11) is 4.58. The molecule has 4 atom stereocenters. The second-order valence-corrected chi connectivity index (χ2v) is 10.4. The van der Waals surface area contributed by atoms with Crippen LogP contribution in [0.3, 0.4) is 0 Å². The molecule has 0 N–H and O–H groups in total. The molecule has 42 heavy (non-hydrogen) atoms. The topological polar surface area (TPSA) is 116 Å². The molecule has 1 saturated heterocycles. The molecule has 218 valence electrons. The van der Waals surface area contributed by atoms with E-state index in [1.54, 1.807) is 18.2 Å². The number of Topliss-reactive ketones (excluding diaryl/α,β-unsaturated/α-hetero) is 1. The number of methoxy groups -OCH3 is 3. The van der Waals surface area contributed by atoms with Gasteiger partial charge in [-0.1, -0.05) is 6.08 Å². The maximum absolute atomic E-state index is 13.3. The van der Waals surface area contributed by atoms with E-state index in [4.69, 9.17) is 33.2 Å². The Hall–Kier alpha value is -4.69. The Bertz CT molecular complexity index is 1520. The number of esters is 2. The Morgan fingerprint density at radius 3 is 2.29 bits per heavy atom. The molecule has 0 aromatic heterocycles. The van der Waals surface area contributed by atoms with Crippen molar-refractivity contribution in [3.8, 4) is 28.7 Å². The molecular weight excluding hydrogens is 544 g/mol. The van der Waals surface area contributed by atoms with Crippen molar-refractivity contribution < 1.29 is 47.5 Å². The minimum atomic E-state index is -0.768. The Morgan fingerprint density at radius 1 is 0.929 bits per heavy atom. The third kappa shape index (κ3) is 4.77. The lowest BCUT2D eigenvalue weighted by Gasteiger charge is -2.38. The molecule has 2 aromatic carbocycles. The zero-order valence-corrected chi connectivity index (χ0v) is 23.5. The van der Waals surface area contributed by atoms with E-state index in [9.17, 15) is 14.4 Å². The number of allylic oxidation sites excluding steroid dienone is 3. The van der Waals surface area contributed by atoms with Crippen molar-refractivity contribution in [3.05, 3.63) is 70.5 Å². The molecule has 2 aromatic rings. The summed E-state index contributed by atoms with van der Waals surface area (Å²) in [5.74, 6) is -0.166. The van der Waals surface area contributed by atoms with E-state index < -0.39 is 29.8 Å².